The number of nitrogens with zero attached hydrogens (tertiary/aromatic N) is 2. The maximum atomic E-state index is 13.3. The normalized spacial score (nSPS) is 24.5. The number of rotatable bonds is 3. The third kappa shape index (κ3) is 2.36. The summed E-state index contributed by atoms with van der Waals surface area (Å²) in [5.74, 6) is 0.314. The molecule has 1 aliphatic rings. The van der Waals surface area contributed by atoms with E-state index in [1.54, 1.807) is 0 Å². The lowest BCUT2D eigenvalue weighted by Gasteiger charge is -2.41. The summed E-state index contributed by atoms with van der Waals surface area (Å²) in [6.07, 6.45) is 0.977. The molecule has 0 fully saturated rings. The Kier molecular flexibility index (Phi) is 3.85. The van der Waals surface area contributed by atoms with Crippen molar-refractivity contribution in [2.45, 2.75) is 38.8 Å². The molecule has 2 atom stereocenters. The molecule has 104 valence electrons. The summed E-state index contributed by atoms with van der Waals surface area (Å²) in [7, 11) is 0. The largest absolute Gasteiger partial charge is 0.370 e. The van der Waals surface area contributed by atoms with Crippen molar-refractivity contribution >= 4 is 21.9 Å². The molecule has 1 aromatic rings. The zero-order valence-electron chi connectivity index (χ0n) is 11.5. The second kappa shape index (κ2) is 5.12. The van der Waals surface area contributed by atoms with Crippen molar-refractivity contribution < 1.29 is 4.39 Å². The van der Waals surface area contributed by atoms with Crippen molar-refractivity contribution in [3.05, 3.63) is 34.1 Å². The lowest BCUT2D eigenvalue weighted by molar-refractivity contribution is 0.170. The SMILES string of the molecule is CCC(C)N1C(N)=NCC1(C)c1ccc(F)cc1Br. The highest BCUT2D eigenvalue weighted by Crippen LogP contribution is 2.38. The van der Waals surface area contributed by atoms with E-state index in [2.05, 4.69) is 46.6 Å². The Morgan fingerprint density at radius 3 is 2.84 bits per heavy atom. The lowest BCUT2D eigenvalue weighted by atomic mass is 9.89. The minimum absolute atomic E-state index is 0.249. The Morgan fingerprint density at radius 1 is 1.58 bits per heavy atom. The summed E-state index contributed by atoms with van der Waals surface area (Å²) < 4.78 is 14.0. The standard InChI is InChI=1S/C14H19BrFN3/c1-4-9(2)19-13(17)18-8-14(19,3)11-6-5-10(16)7-12(11)15/h5-7,9H,4,8H2,1-3H3,(H2,17,18). The molecule has 1 heterocycles. The van der Waals surface area contributed by atoms with Gasteiger partial charge in [-0.1, -0.05) is 28.9 Å². The molecule has 0 radical (unpaired) electrons. The topological polar surface area (TPSA) is 41.6 Å². The molecule has 0 saturated carbocycles. The van der Waals surface area contributed by atoms with Gasteiger partial charge in [-0.25, -0.2) is 4.39 Å². The zero-order valence-corrected chi connectivity index (χ0v) is 13.0. The van der Waals surface area contributed by atoms with Gasteiger partial charge in [0.05, 0.1) is 12.1 Å². The van der Waals surface area contributed by atoms with Crippen LogP contribution in [0.25, 0.3) is 0 Å². The molecular formula is C14H19BrFN3. The van der Waals surface area contributed by atoms with E-state index in [1.807, 2.05) is 6.07 Å². The molecule has 1 aliphatic heterocycles. The van der Waals surface area contributed by atoms with E-state index in [4.69, 9.17) is 5.73 Å². The fourth-order valence-electron chi connectivity index (χ4n) is 2.68. The number of hydrogen-bond donors (Lipinski definition) is 1. The van der Waals surface area contributed by atoms with Gasteiger partial charge in [-0.3, -0.25) is 4.99 Å². The average molecular weight is 328 g/mol. The summed E-state index contributed by atoms with van der Waals surface area (Å²) in [6, 6.07) is 5.06. The van der Waals surface area contributed by atoms with Gasteiger partial charge in [0.15, 0.2) is 5.96 Å². The first-order chi connectivity index (χ1) is 8.90. The number of aliphatic imine (C=N–C) groups is 1. The van der Waals surface area contributed by atoms with Crippen LogP contribution in [0.2, 0.25) is 0 Å². The first-order valence-corrected chi connectivity index (χ1v) is 7.24. The minimum Gasteiger partial charge on any atom is -0.370 e. The molecule has 0 saturated heterocycles. The highest BCUT2D eigenvalue weighted by Gasteiger charge is 2.42. The van der Waals surface area contributed by atoms with Crippen LogP contribution < -0.4 is 5.73 Å². The highest BCUT2D eigenvalue weighted by molar-refractivity contribution is 9.10. The molecule has 0 bridgehead atoms. The second-order valence-electron chi connectivity index (χ2n) is 5.20. The van der Waals surface area contributed by atoms with Gasteiger partial charge in [-0.2, -0.15) is 0 Å². The fraction of sp³-hybridized carbons (Fsp3) is 0.500. The summed E-state index contributed by atoms with van der Waals surface area (Å²) in [4.78, 5) is 6.52. The summed E-state index contributed by atoms with van der Waals surface area (Å²) >= 11 is 3.45. The van der Waals surface area contributed by atoms with Gasteiger partial charge >= 0.3 is 0 Å². The maximum absolute atomic E-state index is 13.3. The Labute approximate surface area is 121 Å². The fourth-order valence-corrected chi connectivity index (χ4v) is 3.45. The molecule has 5 heteroatoms. The lowest BCUT2D eigenvalue weighted by Crippen LogP contribution is -2.51. The average Bonchev–Trinajstić information content (AvgIpc) is 2.65. The molecule has 2 N–H and O–H groups in total. The van der Waals surface area contributed by atoms with Gasteiger partial charge < -0.3 is 10.6 Å². The van der Waals surface area contributed by atoms with Crippen LogP contribution in [0, 0.1) is 5.82 Å². The minimum atomic E-state index is -0.327. The molecule has 0 spiro atoms. The van der Waals surface area contributed by atoms with Crippen molar-refractivity contribution in [3.8, 4) is 0 Å². The van der Waals surface area contributed by atoms with Crippen LogP contribution in [-0.2, 0) is 5.54 Å². The van der Waals surface area contributed by atoms with Crippen LogP contribution in [0.5, 0.6) is 0 Å². The molecule has 0 aliphatic carbocycles. The number of benzene rings is 1. The molecule has 0 amide bonds. The molecule has 2 unspecified atom stereocenters. The van der Waals surface area contributed by atoms with Crippen LogP contribution in [-0.4, -0.2) is 23.4 Å². The molecule has 2 rings (SSSR count). The van der Waals surface area contributed by atoms with E-state index in [0.717, 1.165) is 16.5 Å². The van der Waals surface area contributed by atoms with Crippen molar-refractivity contribution in [2.75, 3.05) is 6.54 Å². The predicted molar refractivity (Wildman–Crippen MR) is 79.5 cm³/mol. The van der Waals surface area contributed by atoms with E-state index in [-0.39, 0.29) is 17.4 Å². The first-order valence-electron chi connectivity index (χ1n) is 6.45. The number of nitrogens with two attached hydrogens (primary N) is 1. The van der Waals surface area contributed by atoms with E-state index in [1.165, 1.54) is 12.1 Å². The van der Waals surface area contributed by atoms with Crippen molar-refractivity contribution in [1.29, 1.82) is 0 Å². The van der Waals surface area contributed by atoms with Gasteiger partial charge in [-0.05, 0) is 38.0 Å². The van der Waals surface area contributed by atoms with Crippen LogP contribution >= 0.6 is 15.9 Å². The van der Waals surface area contributed by atoms with Crippen molar-refractivity contribution in [2.24, 2.45) is 10.7 Å². The Bertz CT molecular complexity index is 517. The van der Waals surface area contributed by atoms with E-state index in [0.29, 0.717) is 12.5 Å². The van der Waals surface area contributed by atoms with Gasteiger partial charge in [0.1, 0.15) is 5.82 Å². The number of halogens is 2. The van der Waals surface area contributed by atoms with E-state index in [9.17, 15) is 4.39 Å². The Morgan fingerprint density at radius 2 is 2.26 bits per heavy atom. The molecule has 0 aromatic heterocycles. The van der Waals surface area contributed by atoms with Crippen LogP contribution in [0.3, 0.4) is 0 Å². The second-order valence-corrected chi connectivity index (χ2v) is 6.05. The molecule has 3 nitrogen and oxygen atoms in total. The van der Waals surface area contributed by atoms with Crippen LogP contribution in [0.1, 0.15) is 32.8 Å². The predicted octanol–water partition coefficient (Wildman–Crippen LogP) is 3.23. The van der Waals surface area contributed by atoms with Crippen LogP contribution in [0.15, 0.2) is 27.7 Å². The van der Waals surface area contributed by atoms with Crippen molar-refractivity contribution in [1.82, 2.24) is 4.90 Å². The monoisotopic (exact) mass is 327 g/mol. The first kappa shape index (κ1) is 14.3. The van der Waals surface area contributed by atoms with E-state index >= 15 is 0 Å². The molecule has 19 heavy (non-hydrogen) atoms. The summed E-state index contributed by atoms with van der Waals surface area (Å²) in [5, 5.41) is 0. The summed E-state index contributed by atoms with van der Waals surface area (Å²) in [5.41, 5.74) is 6.72. The van der Waals surface area contributed by atoms with Gasteiger partial charge in [0.25, 0.3) is 0 Å². The van der Waals surface area contributed by atoms with Crippen LogP contribution in [0.4, 0.5) is 4.39 Å². The zero-order chi connectivity index (χ0) is 14.2. The molecule has 1 aromatic carbocycles. The Hall–Kier alpha value is -1.10. The van der Waals surface area contributed by atoms with Gasteiger partial charge in [0, 0.05) is 10.5 Å². The van der Waals surface area contributed by atoms with Gasteiger partial charge in [0.2, 0.25) is 0 Å². The highest BCUT2D eigenvalue weighted by atomic mass is 79.9. The number of guanidine groups is 1. The Balaban J connectivity index is 2.47. The number of hydrogen-bond acceptors (Lipinski definition) is 3. The maximum Gasteiger partial charge on any atom is 0.192 e. The third-order valence-corrected chi connectivity index (χ3v) is 4.53. The smallest absolute Gasteiger partial charge is 0.192 e. The summed E-state index contributed by atoms with van der Waals surface area (Å²) in [6.45, 7) is 6.94. The quantitative estimate of drug-likeness (QED) is 0.926. The van der Waals surface area contributed by atoms with Gasteiger partial charge in [-0.15, -0.1) is 0 Å². The van der Waals surface area contributed by atoms with E-state index < -0.39 is 0 Å². The third-order valence-electron chi connectivity index (χ3n) is 3.87. The van der Waals surface area contributed by atoms with Crippen molar-refractivity contribution in [3.63, 3.8) is 0 Å². The molecular weight excluding hydrogens is 309 g/mol.